The number of carboxylic acid groups (broad SMARTS) is 1. The smallest absolute Gasteiger partial charge is 0.335 e. The Hall–Kier alpha value is -3.66. The predicted octanol–water partition coefficient (Wildman–Crippen LogP) is 2.78. The van der Waals surface area contributed by atoms with E-state index in [-0.39, 0.29) is 27.8 Å². The summed E-state index contributed by atoms with van der Waals surface area (Å²) < 4.78 is 38.5. The van der Waals surface area contributed by atoms with E-state index in [1.165, 1.54) is 50.0 Å². The van der Waals surface area contributed by atoms with E-state index in [9.17, 15) is 13.2 Å². The number of hydrogen-bond donors (Lipinski definition) is 2. The number of ether oxygens (including phenoxy) is 2. The van der Waals surface area contributed by atoms with E-state index in [0.717, 1.165) is 6.07 Å². The molecule has 0 atom stereocenters. The molecule has 0 saturated carbocycles. The second kappa shape index (κ2) is 7.92. The standard InChI is InChI=1S/C18H15N3O6S/c1-26-15-6-5-12(18(22)23)9-16(15)28(24,25)21-13-3-2-4-14(10-13)27-17-11-19-7-8-20-17/h2-11,21H,1H3,(H,22,23). The van der Waals surface area contributed by atoms with Crippen LogP contribution in [0.1, 0.15) is 10.4 Å². The molecule has 0 fully saturated rings. The van der Waals surface area contributed by atoms with Gasteiger partial charge in [-0.05, 0) is 30.3 Å². The Morgan fingerprint density at radius 2 is 1.96 bits per heavy atom. The summed E-state index contributed by atoms with van der Waals surface area (Å²) in [6.07, 6.45) is 4.37. The number of methoxy groups -OCH3 is 1. The van der Waals surface area contributed by atoms with Crippen molar-refractivity contribution in [2.45, 2.75) is 4.90 Å². The molecule has 1 heterocycles. The molecule has 0 bridgehead atoms. The third-order valence-electron chi connectivity index (χ3n) is 3.55. The normalized spacial score (nSPS) is 10.9. The van der Waals surface area contributed by atoms with Crippen LogP contribution in [0.3, 0.4) is 0 Å². The van der Waals surface area contributed by atoms with E-state index in [1.807, 2.05) is 0 Å². The van der Waals surface area contributed by atoms with Gasteiger partial charge in [0, 0.05) is 18.5 Å². The molecule has 0 amide bonds. The molecular weight excluding hydrogens is 386 g/mol. The predicted molar refractivity (Wildman–Crippen MR) is 99.3 cm³/mol. The van der Waals surface area contributed by atoms with Gasteiger partial charge in [0.05, 0.1) is 24.6 Å². The number of hydrogen-bond acceptors (Lipinski definition) is 7. The fourth-order valence-corrected chi connectivity index (χ4v) is 3.56. The zero-order valence-corrected chi connectivity index (χ0v) is 15.4. The fourth-order valence-electron chi connectivity index (χ4n) is 2.31. The topological polar surface area (TPSA) is 128 Å². The summed E-state index contributed by atoms with van der Waals surface area (Å²) in [6.45, 7) is 0. The Morgan fingerprint density at radius 1 is 1.14 bits per heavy atom. The van der Waals surface area contributed by atoms with Crippen molar-refractivity contribution >= 4 is 21.7 Å². The number of carboxylic acids is 1. The molecule has 0 aliphatic heterocycles. The molecule has 0 saturated heterocycles. The Balaban J connectivity index is 1.90. The summed E-state index contributed by atoms with van der Waals surface area (Å²) in [7, 11) is -2.83. The van der Waals surface area contributed by atoms with Crippen molar-refractivity contribution in [1.82, 2.24) is 9.97 Å². The summed E-state index contributed by atoms with van der Waals surface area (Å²) in [5, 5.41) is 9.12. The van der Waals surface area contributed by atoms with Crippen LogP contribution in [0.2, 0.25) is 0 Å². The summed E-state index contributed by atoms with van der Waals surface area (Å²) in [5.74, 6) is -0.645. The van der Waals surface area contributed by atoms with Crippen LogP contribution in [0.4, 0.5) is 5.69 Å². The summed E-state index contributed by atoms with van der Waals surface area (Å²) >= 11 is 0. The summed E-state index contributed by atoms with van der Waals surface area (Å²) in [4.78, 5) is 18.7. The number of carbonyl (C=O) groups is 1. The van der Waals surface area contributed by atoms with Gasteiger partial charge in [0.25, 0.3) is 10.0 Å². The van der Waals surface area contributed by atoms with Crippen molar-refractivity contribution in [1.29, 1.82) is 0 Å². The highest BCUT2D eigenvalue weighted by atomic mass is 32.2. The van der Waals surface area contributed by atoms with Crippen LogP contribution in [0.15, 0.2) is 66.0 Å². The molecule has 1 aromatic heterocycles. The molecule has 28 heavy (non-hydrogen) atoms. The summed E-state index contributed by atoms with van der Waals surface area (Å²) in [5.41, 5.74) is 0.0325. The van der Waals surface area contributed by atoms with Crippen LogP contribution in [0.5, 0.6) is 17.4 Å². The first-order valence-corrected chi connectivity index (χ1v) is 9.35. The number of nitrogens with one attached hydrogen (secondary N) is 1. The van der Waals surface area contributed by atoms with E-state index in [2.05, 4.69) is 14.7 Å². The van der Waals surface area contributed by atoms with Gasteiger partial charge >= 0.3 is 5.97 Å². The van der Waals surface area contributed by atoms with E-state index in [4.69, 9.17) is 14.6 Å². The zero-order valence-electron chi connectivity index (χ0n) is 14.6. The lowest BCUT2D eigenvalue weighted by atomic mass is 10.2. The lowest BCUT2D eigenvalue weighted by molar-refractivity contribution is 0.0696. The van der Waals surface area contributed by atoms with Crippen LogP contribution < -0.4 is 14.2 Å². The minimum Gasteiger partial charge on any atom is -0.495 e. The Bertz CT molecular complexity index is 1100. The Labute approximate surface area is 160 Å². The maximum atomic E-state index is 12.8. The van der Waals surface area contributed by atoms with Gasteiger partial charge in [-0.3, -0.25) is 9.71 Å². The van der Waals surface area contributed by atoms with E-state index in [0.29, 0.717) is 5.75 Å². The second-order valence-electron chi connectivity index (χ2n) is 5.45. The van der Waals surface area contributed by atoms with Crippen LogP contribution in [0, 0.1) is 0 Å². The third kappa shape index (κ3) is 4.35. The van der Waals surface area contributed by atoms with Gasteiger partial charge in [-0.2, -0.15) is 0 Å². The van der Waals surface area contributed by atoms with Gasteiger partial charge in [0.1, 0.15) is 16.4 Å². The quantitative estimate of drug-likeness (QED) is 0.618. The molecule has 0 aliphatic rings. The first kappa shape index (κ1) is 19.1. The molecule has 3 rings (SSSR count). The number of anilines is 1. The van der Waals surface area contributed by atoms with E-state index in [1.54, 1.807) is 12.1 Å². The number of nitrogens with zero attached hydrogens (tertiary/aromatic N) is 2. The van der Waals surface area contributed by atoms with E-state index < -0.39 is 16.0 Å². The third-order valence-corrected chi connectivity index (χ3v) is 4.95. The highest BCUT2D eigenvalue weighted by Crippen LogP contribution is 2.29. The highest BCUT2D eigenvalue weighted by Gasteiger charge is 2.22. The van der Waals surface area contributed by atoms with Crippen LogP contribution >= 0.6 is 0 Å². The van der Waals surface area contributed by atoms with Gasteiger partial charge in [0.15, 0.2) is 0 Å². The van der Waals surface area contributed by atoms with Crippen LogP contribution in [0.25, 0.3) is 0 Å². The monoisotopic (exact) mass is 401 g/mol. The Morgan fingerprint density at radius 3 is 2.64 bits per heavy atom. The zero-order chi connectivity index (χ0) is 20.1. The number of rotatable bonds is 7. The number of sulfonamides is 1. The molecule has 2 aromatic carbocycles. The highest BCUT2D eigenvalue weighted by molar-refractivity contribution is 7.92. The summed E-state index contributed by atoms with van der Waals surface area (Å²) in [6, 6.07) is 9.77. The van der Waals surface area contributed by atoms with Crippen LogP contribution in [-0.2, 0) is 10.0 Å². The van der Waals surface area contributed by atoms with Gasteiger partial charge in [-0.1, -0.05) is 6.07 Å². The van der Waals surface area contributed by atoms with Gasteiger partial charge in [-0.15, -0.1) is 0 Å². The van der Waals surface area contributed by atoms with Crippen molar-refractivity contribution in [3.8, 4) is 17.4 Å². The molecule has 144 valence electrons. The van der Waals surface area contributed by atoms with Crippen molar-refractivity contribution in [3.05, 3.63) is 66.6 Å². The minimum atomic E-state index is -4.12. The molecule has 0 spiro atoms. The SMILES string of the molecule is COc1ccc(C(=O)O)cc1S(=O)(=O)Nc1cccc(Oc2cnccn2)c1. The number of benzene rings is 2. The van der Waals surface area contributed by atoms with Gasteiger partial charge in [0.2, 0.25) is 5.88 Å². The first-order valence-electron chi connectivity index (χ1n) is 7.87. The molecular formula is C18H15N3O6S. The molecule has 9 nitrogen and oxygen atoms in total. The first-order chi connectivity index (χ1) is 13.4. The molecule has 10 heteroatoms. The minimum absolute atomic E-state index is 0.0180. The maximum absolute atomic E-state index is 12.8. The van der Waals surface area contributed by atoms with Crippen molar-refractivity contribution in [2.24, 2.45) is 0 Å². The lowest BCUT2D eigenvalue weighted by Crippen LogP contribution is -2.15. The van der Waals surface area contributed by atoms with Crippen molar-refractivity contribution in [3.63, 3.8) is 0 Å². The van der Waals surface area contributed by atoms with Gasteiger partial charge in [-0.25, -0.2) is 18.2 Å². The number of aromatic nitrogens is 2. The molecule has 3 aromatic rings. The average Bonchev–Trinajstić information content (AvgIpc) is 2.68. The second-order valence-corrected chi connectivity index (χ2v) is 7.10. The van der Waals surface area contributed by atoms with Crippen LogP contribution in [-0.4, -0.2) is 36.6 Å². The Kier molecular flexibility index (Phi) is 5.41. The molecule has 0 aliphatic carbocycles. The van der Waals surface area contributed by atoms with E-state index >= 15 is 0 Å². The largest absolute Gasteiger partial charge is 0.495 e. The molecule has 0 unspecified atom stereocenters. The molecule has 2 N–H and O–H groups in total. The van der Waals surface area contributed by atoms with Gasteiger partial charge < -0.3 is 14.6 Å². The fraction of sp³-hybridized carbons (Fsp3) is 0.0556. The molecule has 0 radical (unpaired) electrons. The number of aromatic carboxylic acids is 1. The maximum Gasteiger partial charge on any atom is 0.335 e. The van der Waals surface area contributed by atoms with Crippen molar-refractivity contribution < 1.29 is 27.8 Å². The lowest BCUT2D eigenvalue weighted by Gasteiger charge is -2.13. The average molecular weight is 401 g/mol. The van der Waals surface area contributed by atoms with Crippen molar-refractivity contribution in [2.75, 3.05) is 11.8 Å².